The van der Waals surface area contributed by atoms with E-state index in [1.165, 1.54) is 19.3 Å². The first-order chi connectivity index (χ1) is 6.71. The molecule has 2 heterocycles. The highest BCUT2D eigenvalue weighted by molar-refractivity contribution is 4.92. The molecule has 0 bridgehead atoms. The normalized spacial score (nSPS) is 45.0. The molecule has 14 heavy (non-hydrogen) atoms. The molecular weight excluding hydrogens is 176 g/mol. The molecule has 0 aromatic rings. The van der Waals surface area contributed by atoms with Crippen LogP contribution >= 0.6 is 0 Å². The molecule has 82 valence electrons. The molecule has 0 saturated carbocycles. The summed E-state index contributed by atoms with van der Waals surface area (Å²) in [6, 6.07) is 0.490. The van der Waals surface area contributed by atoms with Gasteiger partial charge in [-0.1, -0.05) is 13.3 Å². The van der Waals surface area contributed by atoms with Crippen LogP contribution in [0.1, 0.15) is 33.1 Å². The third kappa shape index (κ3) is 2.10. The largest absolute Gasteiger partial charge is 0.359 e. The number of rotatable bonds is 1. The molecule has 2 fully saturated rings. The van der Waals surface area contributed by atoms with Crippen molar-refractivity contribution in [2.24, 2.45) is 5.92 Å². The van der Waals surface area contributed by atoms with Gasteiger partial charge in [0.05, 0.1) is 6.61 Å². The first-order valence-electron chi connectivity index (χ1n) is 5.83. The summed E-state index contributed by atoms with van der Waals surface area (Å²) >= 11 is 0. The lowest BCUT2D eigenvalue weighted by Crippen LogP contribution is -2.64. The van der Waals surface area contributed by atoms with Crippen molar-refractivity contribution in [3.05, 3.63) is 0 Å². The Morgan fingerprint density at radius 2 is 2.21 bits per heavy atom. The highest BCUT2D eigenvalue weighted by Crippen LogP contribution is 2.24. The van der Waals surface area contributed by atoms with Crippen LogP contribution in [0.5, 0.6) is 0 Å². The van der Waals surface area contributed by atoms with Gasteiger partial charge in [0.1, 0.15) is 5.72 Å². The maximum absolute atomic E-state index is 5.94. The Morgan fingerprint density at radius 3 is 2.79 bits per heavy atom. The summed E-state index contributed by atoms with van der Waals surface area (Å²) in [5.41, 5.74) is -0.132. The average molecular weight is 198 g/mol. The predicted molar refractivity (Wildman–Crippen MR) is 57.2 cm³/mol. The minimum Gasteiger partial charge on any atom is -0.359 e. The van der Waals surface area contributed by atoms with Crippen LogP contribution in [0.2, 0.25) is 0 Å². The molecule has 0 amide bonds. The van der Waals surface area contributed by atoms with Gasteiger partial charge in [0.2, 0.25) is 0 Å². The fourth-order valence-electron chi connectivity index (χ4n) is 2.35. The molecule has 2 aliphatic heterocycles. The second-order valence-electron chi connectivity index (χ2n) is 4.91. The van der Waals surface area contributed by atoms with Gasteiger partial charge in [-0.15, -0.1) is 0 Å². The highest BCUT2D eigenvalue weighted by atomic mass is 16.5. The lowest BCUT2D eigenvalue weighted by Gasteiger charge is -2.45. The molecule has 3 heteroatoms. The van der Waals surface area contributed by atoms with E-state index in [2.05, 4.69) is 24.5 Å². The quantitative estimate of drug-likeness (QED) is 0.662. The van der Waals surface area contributed by atoms with Gasteiger partial charge in [-0.3, -0.25) is 5.32 Å². The Bertz CT molecular complexity index is 182. The number of piperidine rings is 1. The standard InChI is InChI=1S/C11H22N2O/c1-9-7-13-11(2,14-8-9)10-5-3-4-6-12-10/h9-10,12-13H,3-8H2,1-2H3. The van der Waals surface area contributed by atoms with Crippen LogP contribution < -0.4 is 10.6 Å². The zero-order valence-electron chi connectivity index (χ0n) is 9.31. The Labute approximate surface area is 86.6 Å². The minimum absolute atomic E-state index is 0.132. The van der Waals surface area contributed by atoms with Crippen LogP contribution in [0, 0.1) is 5.92 Å². The smallest absolute Gasteiger partial charge is 0.131 e. The van der Waals surface area contributed by atoms with Crippen molar-refractivity contribution in [3.63, 3.8) is 0 Å². The predicted octanol–water partition coefficient (Wildman–Crippen LogP) is 1.10. The zero-order valence-corrected chi connectivity index (χ0v) is 9.31. The second kappa shape index (κ2) is 4.17. The summed E-state index contributed by atoms with van der Waals surface area (Å²) in [5.74, 6) is 0.645. The Morgan fingerprint density at radius 1 is 1.36 bits per heavy atom. The van der Waals surface area contributed by atoms with Crippen molar-refractivity contribution in [1.29, 1.82) is 0 Å². The summed E-state index contributed by atoms with van der Waals surface area (Å²) in [5, 5.41) is 7.09. The number of hydrogen-bond donors (Lipinski definition) is 2. The van der Waals surface area contributed by atoms with Crippen LogP contribution in [0.15, 0.2) is 0 Å². The highest BCUT2D eigenvalue weighted by Gasteiger charge is 2.38. The van der Waals surface area contributed by atoms with Crippen molar-refractivity contribution in [3.8, 4) is 0 Å². The molecule has 0 spiro atoms. The van der Waals surface area contributed by atoms with Crippen molar-refractivity contribution < 1.29 is 4.74 Å². The van der Waals surface area contributed by atoms with Crippen molar-refractivity contribution >= 4 is 0 Å². The molecule has 0 aromatic carbocycles. The van der Waals surface area contributed by atoms with E-state index in [0.29, 0.717) is 12.0 Å². The molecule has 2 saturated heterocycles. The van der Waals surface area contributed by atoms with E-state index in [-0.39, 0.29) is 5.72 Å². The first-order valence-corrected chi connectivity index (χ1v) is 5.83. The van der Waals surface area contributed by atoms with E-state index >= 15 is 0 Å². The summed E-state index contributed by atoms with van der Waals surface area (Å²) in [6.07, 6.45) is 3.87. The average Bonchev–Trinajstić information content (AvgIpc) is 2.24. The van der Waals surface area contributed by atoms with Gasteiger partial charge in [0.15, 0.2) is 0 Å². The van der Waals surface area contributed by atoms with E-state index in [1.807, 2.05) is 0 Å². The molecule has 0 aliphatic carbocycles. The number of nitrogens with one attached hydrogen (secondary N) is 2. The monoisotopic (exact) mass is 198 g/mol. The Hall–Kier alpha value is -0.120. The van der Waals surface area contributed by atoms with Gasteiger partial charge in [-0.2, -0.15) is 0 Å². The van der Waals surface area contributed by atoms with E-state index in [1.54, 1.807) is 0 Å². The van der Waals surface area contributed by atoms with E-state index in [4.69, 9.17) is 4.74 Å². The van der Waals surface area contributed by atoms with E-state index < -0.39 is 0 Å². The SMILES string of the molecule is CC1CNC(C)(C2CCCCN2)OC1. The first kappa shape index (κ1) is 10.4. The Balaban J connectivity index is 1.93. The van der Waals surface area contributed by atoms with E-state index in [9.17, 15) is 0 Å². The zero-order chi connectivity index (χ0) is 10.0. The van der Waals surface area contributed by atoms with Gasteiger partial charge in [0.25, 0.3) is 0 Å². The van der Waals surface area contributed by atoms with Gasteiger partial charge in [-0.05, 0) is 32.2 Å². The van der Waals surface area contributed by atoms with Gasteiger partial charge in [-0.25, -0.2) is 0 Å². The minimum atomic E-state index is -0.132. The third-order valence-corrected chi connectivity index (χ3v) is 3.44. The molecule has 0 aromatic heterocycles. The summed E-state index contributed by atoms with van der Waals surface area (Å²) in [7, 11) is 0. The molecular formula is C11H22N2O. The summed E-state index contributed by atoms with van der Waals surface area (Å²) in [6.45, 7) is 7.51. The molecule has 2 N–H and O–H groups in total. The topological polar surface area (TPSA) is 33.3 Å². The number of ether oxygens (including phenoxy) is 1. The molecule has 3 nitrogen and oxygen atoms in total. The molecule has 2 rings (SSSR count). The van der Waals surface area contributed by atoms with Crippen LogP contribution in [0.4, 0.5) is 0 Å². The van der Waals surface area contributed by atoms with E-state index in [0.717, 1.165) is 19.7 Å². The Kier molecular flexibility index (Phi) is 3.10. The molecule has 3 atom stereocenters. The van der Waals surface area contributed by atoms with Crippen LogP contribution in [-0.2, 0) is 4.74 Å². The lowest BCUT2D eigenvalue weighted by atomic mass is 9.94. The van der Waals surface area contributed by atoms with Crippen LogP contribution in [-0.4, -0.2) is 31.5 Å². The van der Waals surface area contributed by atoms with Crippen molar-refractivity contribution in [2.75, 3.05) is 19.7 Å². The van der Waals surface area contributed by atoms with Gasteiger partial charge >= 0.3 is 0 Å². The van der Waals surface area contributed by atoms with Gasteiger partial charge in [0, 0.05) is 12.6 Å². The van der Waals surface area contributed by atoms with Crippen molar-refractivity contribution in [1.82, 2.24) is 10.6 Å². The van der Waals surface area contributed by atoms with Crippen LogP contribution in [0.3, 0.4) is 0 Å². The van der Waals surface area contributed by atoms with Gasteiger partial charge < -0.3 is 10.1 Å². The lowest BCUT2D eigenvalue weighted by molar-refractivity contribution is -0.125. The second-order valence-corrected chi connectivity index (χ2v) is 4.91. The third-order valence-electron chi connectivity index (χ3n) is 3.44. The molecule has 3 unspecified atom stereocenters. The number of hydrogen-bond acceptors (Lipinski definition) is 3. The molecule has 2 aliphatic rings. The fourth-order valence-corrected chi connectivity index (χ4v) is 2.35. The maximum Gasteiger partial charge on any atom is 0.131 e. The summed E-state index contributed by atoms with van der Waals surface area (Å²) < 4.78 is 5.94. The van der Waals surface area contributed by atoms with Crippen molar-refractivity contribution in [2.45, 2.75) is 44.9 Å². The summed E-state index contributed by atoms with van der Waals surface area (Å²) in [4.78, 5) is 0. The maximum atomic E-state index is 5.94. The molecule has 0 radical (unpaired) electrons. The fraction of sp³-hybridized carbons (Fsp3) is 1.00. The van der Waals surface area contributed by atoms with Crippen LogP contribution in [0.25, 0.3) is 0 Å².